The predicted molar refractivity (Wildman–Crippen MR) is 142 cm³/mol. The number of phenols is 2. The SMILES string of the molecule is COc1cc(C2c3c(cc(OC)c(O)c3OC)CC(OC)C2COC2OC(CO)C(O)C(O)C2O)cc(OC)c1O. The molecule has 41 heavy (non-hydrogen) atoms. The van der Waals surface area contributed by atoms with E-state index in [0.717, 1.165) is 5.56 Å². The van der Waals surface area contributed by atoms with E-state index in [1.165, 1.54) is 28.4 Å². The molecule has 1 aliphatic carbocycles. The monoisotopic (exact) mass is 582 g/mol. The van der Waals surface area contributed by atoms with Crippen LogP contribution in [0, 0.1) is 5.92 Å². The minimum absolute atomic E-state index is 0.104. The maximum absolute atomic E-state index is 11.0. The van der Waals surface area contributed by atoms with Crippen molar-refractivity contribution in [1.82, 2.24) is 0 Å². The number of ether oxygens (including phenoxy) is 7. The molecule has 1 saturated heterocycles. The molecule has 0 aromatic heterocycles. The van der Waals surface area contributed by atoms with Gasteiger partial charge in [-0.2, -0.15) is 0 Å². The van der Waals surface area contributed by atoms with Crippen molar-refractivity contribution in [1.29, 1.82) is 0 Å². The van der Waals surface area contributed by atoms with Crippen molar-refractivity contribution >= 4 is 0 Å². The Bertz CT molecular complexity index is 1180. The van der Waals surface area contributed by atoms with E-state index >= 15 is 0 Å². The number of benzene rings is 2. The lowest BCUT2D eigenvalue weighted by molar-refractivity contribution is -0.304. The third-order valence-corrected chi connectivity index (χ3v) is 7.87. The number of rotatable bonds is 10. The zero-order valence-corrected chi connectivity index (χ0v) is 23.5. The summed E-state index contributed by atoms with van der Waals surface area (Å²) in [5.74, 6) is -0.882. The largest absolute Gasteiger partial charge is 0.502 e. The molecule has 0 radical (unpaired) electrons. The summed E-state index contributed by atoms with van der Waals surface area (Å²) in [5, 5.41) is 62.2. The standard InChI is InChI=1S/C28H38O13/c1-35-15-6-13-9-18(38-4)24(32)27(39-5)21(13)20(12-7-16(36-2)22(30)17(8-12)37-3)14(15)11-40-28-26(34)25(33)23(31)19(10-29)41-28/h7-9,14-15,19-20,23,25-26,28-34H,6,10-11H2,1-5H3. The topological polar surface area (TPSA) is 186 Å². The van der Waals surface area contributed by atoms with Crippen molar-refractivity contribution < 1.29 is 63.8 Å². The van der Waals surface area contributed by atoms with E-state index in [1.54, 1.807) is 25.3 Å². The lowest BCUT2D eigenvalue weighted by Crippen LogP contribution is -2.59. The average molecular weight is 583 g/mol. The zero-order valence-electron chi connectivity index (χ0n) is 23.5. The van der Waals surface area contributed by atoms with E-state index < -0.39 is 55.3 Å². The van der Waals surface area contributed by atoms with Crippen LogP contribution < -0.4 is 18.9 Å². The van der Waals surface area contributed by atoms with Crippen molar-refractivity contribution in [3.05, 3.63) is 34.9 Å². The van der Waals surface area contributed by atoms with Crippen LogP contribution in [0.2, 0.25) is 0 Å². The summed E-state index contributed by atoms with van der Waals surface area (Å²) in [6.07, 6.45) is -7.38. The van der Waals surface area contributed by atoms with Crippen molar-refractivity contribution in [2.45, 2.75) is 49.1 Å². The number of aromatic hydroxyl groups is 2. The molecule has 0 amide bonds. The fraction of sp³-hybridized carbons (Fsp3) is 0.571. The molecule has 1 fully saturated rings. The number of methoxy groups -OCH3 is 5. The Kier molecular flexibility index (Phi) is 9.70. The molecule has 1 aliphatic heterocycles. The maximum Gasteiger partial charge on any atom is 0.201 e. The van der Waals surface area contributed by atoms with Crippen LogP contribution in [0.1, 0.15) is 22.6 Å². The first-order chi connectivity index (χ1) is 19.6. The van der Waals surface area contributed by atoms with Gasteiger partial charge in [0.15, 0.2) is 29.3 Å². The Hall–Kier alpha value is -3.04. The Morgan fingerprint density at radius 2 is 1.41 bits per heavy atom. The normalized spacial score (nSPS) is 29.5. The molecular formula is C28H38O13. The van der Waals surface area contributed by atoms with Crippen LogP contribution in [0.25, 0.3) is 0 Å². The molecule has 2 aromatic rings. The highest BCUT2D eigenvalue weighted by atomic mass is 16.7. The smallest absolute Gasteiger partial charge is 0.201 e. The summed E-state index contributed by atoms with van der Waals surface area (Å²) in [5.41, 5.74) is 1.98. The number of hydrogen-bond donors (Lipinski definition) is 6. The highest BCUT2D eigenvalue weighted by molar-refractivity contribution is 5.64. The highest BCUT2D eigenvalue weighted by Crippen LogP contribution is 2.53. The van der Waals surface area contributed by atoms with Gasteiger partial charge in [0.05, 0.1) is 47.8 Å². The van der Waals surface area contributed by atoms with E-state index in [2.05, 4.69) is 0 Å². The van der Waals surface area contributed by atoms with Crippen LogP contribution in [0.15, 0.2) is 18.2 Å². The van der Waals surface area contributed by atoms with Crippen LogP contribution in [0.3, 0.4) is 0 Å². The minimum atomic E-state index is -1.61. The highest BCUT2D eigenvalue weighted by Gasteiger charge is 2.46. The maximum atomic E-state index is 11.0. The number of fused-ring (bicyclic) bond motifs is 1. The molecule has 2 aliphatic rings. The van der Waals surface area contributed by atoms with Gasteiger partial charge >= 0.3 is 0 Å². The third kappa shape index (κ3) is 5.58. The summed E-state index contributed by atoms with van der Waals surface area (Å²) in [4.78, 5) is 0. The quantitative estimate of drug-likeness (QED) is 0.224. The van der Waals surface area contributed by atoms with Gasteiger partial charge in [0.1, 0.15) is 24.4 Å². The van der Waals surface area contributed by atoms with E-state index in [1.807, 2.05) is 0 Å². The van der Waals surface area contributed by atoms with Crippen LogP contribution in [0.4, 0.5) is 0 Å². The van der Waals surface area contributed by atoms with Gasteiger partial charge in [-0.15, -0.1) is 0 Å². The van der Waals surface area contributed by atoms with Gasteiger partial charge in [-0.1, -0.05) is 0 Å². The minimum Gasteiger partial charge on any atom is -0.502 e. The second kappa shape index (κ2) is 12.9. The lowest BCUT2D eigenvalue weighted by Gasteiger charge is -2.43. The van der Waals surface area contributed by atoms with Gasteiger partial charge in [-0.3, -0.25) is 0 Å². The fourth-order valence-electron chi connectivity index (χ4n) is 5.74. The van der Waals surface area contributed by atoms with Crippen LogP contribution >= 0.6 is 0 Å². The number of phenolic OH excluding ortho intramolecular Hbond substituents is 2. The fourth-order valence-corrected chi connectivity index (χ4v) is 5.74. The molecule has 6 N–H and O–H groups in total. The first-order valence-electron chi connectivity index (χ1n) is 13.0. The third-order valence-electron chi connectivity index (χ3n) is 7.87. The molecule has 228 valence electrons. The summed E-state index contributed by atoms with van der Waals surface area (Å²) < 4.78 is 39.3. The molecule has 13 nitrogen and oxygen atoms in total. The Labute approximate surface area is 237 Å². The second-order valence-electron chi connectivity index (χ2n) is 9.96. The van der Waals surface area contributed by atoms with Gasteiger partial charge in [-0.05, 0) is 35.7 Å². The summed E-state index contributed by atoms with van der Waals surface area (Å²) >= 11 is 0. The van der Waals surface area contributed by atoms with Crippen molar-refractivity contribution in [3.8, 4) is 34.5 Å². The van der Waals surface area contributed by atoms with Gasteiger partial charge in [0.25, 0.3) is 0 Å². The molecule has 2 aromatic carbocycles. The molecule has 8 atom stereocenters. The lowest BCUT2D eigenvalue weighted by atomic mass is 9.69. The van der Waals surface area contributed by atoms with Crippen LogP contribution in [-0.2, 0) is 20.6 Å². The summed E-state index contributed by atoms with van der Waals surface area (Å²) in [7, 11) is 7.21. The molecule has 0 saturated carbocycles. The van der Waals surface area contributed by atoms with E-state index in [0.29, 0.717) is 17.5 Å². The molecule has 8 unspecified atom stereocenters. The molecular weight excluding hydrogens is 544 g/mol. The first kappa shape index (κ1) is 30.9. The Morgan fingerprint density at radius 1 is 0.805 bits per heavy atom. The molecule has 13 heteroatoms. The predicted octanol–water partition coefficient (Wildman–Crippen LogP) is 0.268. The average Bonchev–Trinajstić information content (AvgIpc) is 2.98. The van der Waals surface area contributed by atoms with Gasteiger partial charge < -0.3 is 63.8 Å². The van der Waals surface area contributed by atoms with Crippen LogP contribution in [-0.4, -0.2) is 116 Å². The number of hydrogen-bond acceptors (Lipinski definition) is 13. The molecule has 0 bridgehead atoms. The summed E-state index contributed by atoms with van der Waals surface area (Å²) in [6, 6.07) is 4.97. The summed E-state index contributed by atoms with van der Waals surface area (Å²) in [6.45, 7) is -0.705. The van der Waals surface area contributed by atoms with Gasteiger partial charge in [0.2, 0.25) is 11.5 Å². The second-order valence-corrected chi connectivity index (χ2v) is 9.96. The van der Waals surface area contributed by atoms with E-state index in [-0.39, 0.29) is 41.1 Å². The number of aliphatic hydroxyl groups is 4. The van der Waals surface area contributed by atoms with Crippen molar-refractivity contribution in [3.63, 3.8) is 0 Å². The van der Waals surface area contributed by atoms with E-state index in [9.17, 15) is 30.6 Å². The molecule has 0 spiro atoms. The van der Waals surface area contributed by atoms with Crippen LogP contribution in [0.5, 0.6) is 34.5 Å². The van der Waals surface area contributed by atoms with Crippen molar-refractivity contribution in [2.75, 3.05) is 48.8 Å². The zero-order chi connectivity index (χ0) is 30.0. The Morgan fingerprint density at radius 3 is 1.95 bits per heavy atom. The Balaban J connectivity index is 1.85. The molecule has 1 heterocycles. The van der Waals surface area contributed by atoms with Crippen molar-refractivity contribution in [2.24, 2.45) is 5.92 Å². The first-order valence-corrected chi connectivity index (χ1v) is 13.0. The number of aliphatic hydroxyl groups excluding tert-OH is 4. The molecule has 4 rings (SSSR count). The van der Waals surface area contributed by atoms with Gasteiger partial charge in [-0.25, -0.2) is 0 Å². The van der Waals surface area contributed by atoms with Gasteiger partial charge in [0, 0.05) is 24.5 Å². The van der Waals surface area contributed by atoms with E-state index in [4.69, 9.17) is 33.2 Å².